The fourth-order valence-corrected chi connectivity index (χ4v) is 2.04. The summed E-state index contributed by atoms with van der Waals surface area (Å²) in [7, 11) is 0. The molecule has 0 aliphatic heterocycles. The Labute approximate surface area is 167 Å². The van der Waals surface area contributed by atoms with Gasteiger partial charge in [0, 0.05) is 24.5 Å². The minimum absolute atomic E-state index is 0.0592. The van der Waals surface area contributed by atoms with Crippen LogP contribution < -0.4 is 9.47 Å². The van der Waals surface area contributed by atoms with E-state index in [9.17, 15) is 34.6 Å². The molecule has 0 amide bonds. The van der Waals surface area contributed by atoms with Crippen molar-refractivity contribution in [2.75, 3.05) is 13.2 Å². The van der Waals surface area contributed by atoms with Crippen LogP contribution in [0.4, 0.5) is 0 Å². The van der Waals surface area contributed by atoms with Gasteiger partial charge in [-0.25, -0.2) is 4.79 Å². The molecule has 1 N–H and O–H groups in total. The van der Waals surface area contributed by atoms with Gasteiger partial charge < -0.3 is 24.3 Å². The molecule has 14 heteroatoms. The first-order valence-corrected chi connectivity index (χ1v) is 8.05. The third-order valence-electron chi connectivity index (χ3n) is 3.16. The lowest BCUT2D eigenvalue weighted by atomic mass is 10.1. The highest BCUT2D eigenvalue weighted by Gasteiger charge is 2.20. The van der Waals surface area contributed by atoms with Crippen molar-refractivity contribution < 1.29 is 48.8 Å². The van der Waals surface area contributed by atoms with E-state index in [1.54, 1.807) is 0 Å². The molecule has 30 heavy (non-hydrogen) atoms. The number of rotatable bonds is 12. The van der Waals surface area contributed by atoms with Gasteiger partial charge in [-0.05, 0) is 24.3 Å². The van der Waals surface area contributed by atoms with Crippen molar-refractivity contribution >= 4 is 24.0 Å². The first-order chi connectivity index (χ1) is 14.1. The maximum absolute atomic E-state index is 12.2. The normalized spacial score (nSPS) is 10.5. The Morgan fingerprint density at radius 3 is 2.20 bits per heavy atom. The molecule has 0 heterocycles. The van der Waals surface area contributed by atoms with Gasteiger partial charge in [0.25, 0.3) is 10.2 Å². The maximum atomic E-state index is 12.2. The number of esters is 2. The SMILES string of the molecule is CC(=O)Oc1ccc(OC(=O)CC(CO[N+](=O)[O-])CO[N+](=O)[O-])c(C=CC(=O)O)c1. The second-order valence-corrected chi connectivity index (χ2v) is 5.55. The van der Waals surface area contributed by atoms with Crippen molar-refractivity contribution in [2.24, 2.45) is 5.92 Å². The summed E-state index contributed by atoms with van der Waals surface area (Å²) in [5.74, 6) is -4.01. The van der Waals surface area contributed by atoms with E-state index in [2.05, 4.69) is 9.68 Å². The Morgan fingerprint density at radius 1 is 1.10 bits per heavy atom. The van der Waals surface area contributed by atoms with Gasteiger partial charge in [0.1, 0.15) is 24.7 Å². The average molecular weight is 428 g/mol. The lowest BCUT2D eigenvalue weighted by Crippen LogP contribution is -2.25. The van der Waals surface area contributed by atoms with E-state index in [0.717, 1.165) is 19.1 Å². The molecule has 1 rings (SSSR count). The van der Waals surface area contributed by atoms with Gasteiger partial charge in [-0.2, -0.15) is 0 Å². The summed E-state index contributed by atoms with van der Waals surface area (Å²) < 4.78 is 9.98. The number of benzene rings is 1. The fourth-order valence-electron chi connectivity index (χ4n) is 2.04. The molecule has 0 unspecified atom stereocenters. The van der Waals surface area contributed by atoms with Gasteiger partial charge in [-0.1, -0.05) is 0 Å². The van der Waals surface area contributed by atoms with Crippen molar-refractivity contribution in [1.82, 2.24) is 0 Å². The van der Waals surface area contributed by atoms with Crippen LogP contribution in [0.3, 0.4) is 0 Å². The number of aliphatic carboxylic acids is 1. The Balaban J connectivity index is 2.96. The second kappa shape index (κ2) is 11.6. The van der Waals surface area contributed by atoms with Crippen LogP contribution in [0.2, 0.25) is 0 Å². The van der Waals surface area contributed by atoms with E-state index in [4.69, 9.17) is 14.6 Å². The predicted octanol–water partition coefficient (Wildman–Crippen LogP) is 1.04. The molecule has 0 bridgehead atoms. The van der Waals surface area contributed by atoms with Crippen LogP contribution in [0, 0.1) is 26.1 Å². The molecule has 0 aromatic heterocycles. The third kappa shape index (κ3) is 9.63. The van der Waals surface area contributed by atoms with Crippen LogP contribution in [-0.2, 0) is 24.1 Å². The quantitative estimate of drug-likeness (QED) is 0.163. The molecule has 1 aromatic carbocycles. The van der Waals surface area contributed by atoms with Crippen LogP contribution in [0.25, 0.3) is 6.08 Å². The van der Waals surface area contributed by atoms with Crippen molar-refractivity contribution in [3.05, 3.63) is 50.1 Å². The largest absolute Gasteiger partial charge is 0.478 e. The third-order valence-corrected chi connectivity index (χ3v) is 3.16. The molecule has 0 spiro atoms. The highest BCUT2D eigenvalue weighted by molar-refractivity contribution is 5.86. The van der Waals surface area contributed by atoms with Crippen LogP contribution in [0.1, 0.15) is 18.9 Å². The average Bonchev–Trinajstić information content (AvgIpc) is 2.63. The molecule has 0 saturated heterocycles. The zero-order valence-electron chi connectivity index (χ0n) is 15.4. The summed E-state index contributed by atoms with van der Waals surface area (Å²) in [6.07, 6.45) is 1.29. The van der Waals surface area contributed by atoms with Crippen molar-refractivity contribution in [3.8, 4) is 11.5 Å². The van der Waals surface area contributed by atoms with Crippen LogP contribution >= 0.6 is 0 Å². The van der Waals surface area contributed by atoms with Crippen LogP contribution in [-0.4, -0.2) is 46.4 Å². The smallest absolute Gasteiger partial charge is 0.328 e. The zero-order valence-corrected chi connectivity index (χ0v) is 15.4. The Morgan fingerprint density at radius 2 is 1.70 bits per heavy atom. The van der Waals surface area contributed by atoms with Gasteiger partial charge in [0.2, 0.25) is 0 Å². The standard InChI is InChI=1S/C16H16N2O12/c1-10(19)29-13-3-4-14(12(7-13)2-5-15(20)21)30-16(22)6-11(8-27-17(23)24)9-28-18(25)26/h2-5,7,11H,6,8-9H2,1H3,(H,20,21). The number of ether oxygens (including phenoxy) is 2. The van der Waals surface area contributed by atoms with Crippen molar-refractivity contribution in [2.45, 2.75) is 13.3 Å². The zero-order chi connectivity index (χ0) is 22.7. The summed E-state index contributed by atoms with van der Waals surface area (Å²) in [4.78, 5) is 62.8. The number of hydrogen-bond acceptors (Lipinski definition) is 11. The molecule has 1 aromatic rings. The Hall–Kier alpha value is -4.23. The van der Waals surface area contributed by atoms with E-state index in [-0.39, 0.29) is 17.1 Å². The van der Waals surface area contributed by atoms with Gasteiger partial charge in [0.15, 0.2) is 0 Å². The summed E-state index contributed by atoms with van der Waals surface area (Å²) in [5.41, 5.74) is 0.0733. The number of hydrogen-bond donors (Lipinski definition) is 1. The number of carboxylic acids is 1. The molecular weight excluding hydrogens is 412 g/mol. The first-order valence-electron chi connectivity index (χ1n) is 8.05. The molecule has 0 radical (unpaired) electrons. The monoisotopic (exact) mass is 428 g/mol. The summed E-state index contributed by atoms with van der Waals surface area (Å²) >= 11 is 0. The van der Waals surface area contributed by atoms with Gasteiger partial charge >= 0.3 is 17.9 Å². The van der Waals surface area contributed by atoms with Crippen molar-refractivity contribution in [3.63, 3.8) is 0 Å². The lowest BCUT2D eigenvalue weighted by molar-refractivity contribution is -0.768. The van der Waals surface area contributed by atoms with E-state index >= 15 is 0 Å². The Kier molecular flexibility index (Phi) is 9.19. The highest BCUT2D eigenvalue weighted by Crippen LogP contribution is 2.26. The van der Waals surface area contributed by atoms with Gasteiger partial charge in [-0.15, -0.1) is 20.2 Å². The van der Waals surface area contributed by atoms with E-state index in [0.29, 0.717) is 0 Å². The molecule has 0 aliphatic carbocycles. The topological polar surface area (TPSA) is 195 Å². The molecular formula is C16H16N2O12. The molecule has 0 atom stereocenters. The predicted molar refractivity (Wildman–Crippen MR) is 94.1 cm³/mol. The first kappa shape index (κ1) is 23.8. The van der Waals surface area contributed by atoms with E-state index < -0.39 is 53.6 Å². The Bertz CT molecular complexity index is 833. The molecule has 0 aliphatic rings. The van der Waals surface area contributed by atoms with Crippen LogP contribution in [0.5, 0.6) is 11.5 Å². The fraction of sp³-hybridized carbons (Fsp3) is 0.312. The lowest BCUT2D eigenvalue weighted by Gasteiger charge is -2.15. The summed E-state index contributed by atoms with van der Waals surface area (Å²) in [5, 5.41) is 27.1. The summed E-state index contributed by atoms with van der Waals surface area (Å²) in [6.45, 7) is -0.166. The van der Waals surface area contributed by atoms with E-state index in [1.807, 2.05) is 0 Å². The molecule has 0 fully saturated rings. The molecule has 0 saturated carbocycles. The van der Waals surface area contributed by atoms with Crippen molar-refractivity contribution in [1.29, 1.82) is 0 Å². The minimum atomic E-state index is -1.29. The van der Waals surface area contributed by atoms with Gasteiger partial charge in [-0.3, -0.25) is 9.59 Å². The number of carboxylic acid groups (broad SMARTS) is 1. The number of carbonyl (C=O) groups excluding carboxylic acids is 2. The highest BCUT2D eigenvalue weighted by atomic mass is 17.0. The van der Waals surface area contributed by atoms with Crippen LogP contribution in [0.15, 0.2) is 24.3 Å². The maximum Gasteiger partial charge on any atom is 0.328 e. The second-order valence-electron chi connectivity index (χ2n) is 5.55. The molecule has 162 valence electrons. The molecule has 14 nitrogen and oxygen atoms in total. The van der Waals surface area contributed by atoms with Gasteiger partial charge in [0.05, 0.1) is 6.42 Å². The summed E-state index contributed by atoms with van der Waals surface area (Å²) in [6, 6.07) is 3.76. The van der Waals surface area contributed by atoms with E-state index in [1.165, 1.54) is 18.2 Å². The number of nitrogens with zero attached hydrogens (tertiary/aromatic N) is 2. The minimum Gasteiger partial charge on any atom is -0.478 e. The number of carbonyl (C=O) groups is 3.